The van der Waals surface area contributed by atoms with E-state index < -0.39 is 0 Å². The van der Waals surface area contributed by atoms with Gasteiger partial charge in [-0.25, -0.2) is 9.07 Å². The van der Waals surface area contributed by atoms with E-state index in [0.29, 0.717) is 12.0 Å². The highest BCUT2D eigenvalue weighted by Gasteiger charge is 2.24. The van der Waals surface area contributed by atoms with Gasteiger partial charge in [0.2, 0.25) is 0 Å². The van der Waals surface area contributed by atoms with Gasteiger partial charge < -0.3 is 15.0 Å². The molecule has 7 heteroatoms. The Labute approximate surface area is 181 Å². The first-order valence-corrected chi connectivity index (χ1v) is 10.6. The second-order valence-corrected chi connectivity index (χ2v) is 7.68. The monoisotopic (exact) mass is 422 g/mol. The molecule has 1 aliphatic heterocycles. The fourth-order valence-electron chi connectivity index (χ4n) is 4.05. The number of rotatable bonds is 6. The van der Waals surface area contributed by atoms with Crippen LogP contribution in [0, 0.1) is 5.82 Å². The molecule has 4 rings (SSSR count). The summed E-state index contributed by atoms with van der Waals surface area (Å²) in [5.74, 6) is 0.444. The number of benzene rings is 2. The van der Waals surface area contributed by atoms with E-state index in [0.717, 1.165) is 43.1 Å². The Balaban J connectivity index is 1.39. The molecule has 3 aromatic rings. The molecule has 0 atom stereocenters. The van der Waals surface area contributed by atoms with Crippen LogP contribution in [0.25, 0.3) is 5.69 Å². The molecule has 6 nitrogen and oxygen atoms in total. The summed E-state index contributed by atoms with van der Waals surface area (Å²) in [5.41, 5.74) is 3.30. The van der Waals surface area contributed by atoms with Gasteiger partial charge in [0.1, 0.15) is 11.6 Å². The number of hydrogen-bond acceptors (Lipinski definition) is 4. The summed E-state index contributed by atoms with van der Waals surface area (Å²) in [4.78, 5) is 15.3. The van der Waals surface area contributed by atoms with Crippen LogP contribution in [0.5, 0.6) is 5.75 Å². The third-order valence-corrected chi connectivity index (χ3v) is 5.79. The molecule has 1 aromatic heterocycles. The van der Waals surface area contributed by atoms with E-state index in [1.54, 1.807) is 30.1 Å². The molecule has 1 saturated heterocycles. The number of anilines is 1. The third-order valence-electron chi connectivity index (χ3n) is 5.79. The van der Waals surface area contributed by atoms with Crippen LogP contribution in [0.2, 0.25) is 0 Å². The molecule has 0 aliphatic carbocycles. The van der Waals surface area contributed by atoms with Crippen molar-refractivity contribution < 1.29 is 13.9 Å². The lowest BCUT2D eigenvalue weighted by atomic mass is 10.0. The lowest BCUT2D eigenvalue weighted by molar-refractivity contribution is 0.0930. The van der Waals surface area contributed by atoms with Crippen molar-refractivity contribution >= 4 is 11.6 Å². The summed E-state index contributed by atoms with van der Waals surface area (Å²) in [6.07, 6.45) is 4.01. The number of hydrogen-bond donors (Lipinski definition) is 1. The van der Waals surface area contributed by atoms with Gasteiger partial charge in [-0.1, -0.05) is 6.92 Å². The average molecular weight is 423 g/mol. The van der Waals surface area contributed by atoms with Crippen molar-refractivity contribution in [3.63, 3.8) is 0 Å². The Morgan fingerprint density at radius 1 is 1.10 bits per heavy atom. The van der Waals surface area contributed by atoms with Gasteiger partial charge in [0.05, 0.1) is 30.3 Å². The lowest BCUT2D eigenvalue weighted by Gasteiger charge is -2.34. The van der Waals surface area contributed by atoms with Crippen molar-refractivity contribution in [3.05, 3.63) is 71.8 Å². The van der Waals surface area contributed by atoms with Gasteiger partial charge in [-0.05, 0) is 67.8 Å². The number of piperidine rings is 1. The minimum absolute atomic E-state index is 0.104. The van der Waals surface area contributed by atoms with Crippen molar-refractivity contribution in [2.75, 3.05) is 25.1 Å². The van der Waals surface area contributed by atoms with E-state index in [1.807, 2.05) is 19.1 Å². The third kappa shape index (κ3) is 4.55. The van der Waals surface area contributed by atoms with E-state index in [-0.39, 0.29) is 17.8 Å². The SMILES string of the molecule is CCc1c(C(=O)NC2CCN(c3ccc(OC)cc3)CC2)cnn1-c1ccc(F)cc1. The van der Waals surface area contributed by atoms with E-state index in [9.17, 15) is 9.18 Å². The molecule has 0 bridgehead atoms. The number of nitrogens with one attached hydrogen (secondary N) is 1. The van der Waals surface area contributed by atoms with Gasteiger partial charge in [-0.15, -0.1) is 0 Å². The minimum Gasteiger partial charge on any atom is -0.497 e. The van der Waals surface area contributed by atoms with Crippen molar-refractivity contribution in [1.82, 2.24) is 15.1 Å². The largest absolute Gasteiger partial charge is 0.497 e. The molecule has 0 spiro atoms. The number of carbonyl (C=O) groups excluding carboxylic acids is 1. The molecular formula is C24H27FN4O2. The molecule has 2 heterocycles. The molecule has 2 aromatic carbocycles. The fraction of sp³-hybridized carbons (Fsp3) is 0.333. The van der Waals surface area contributed by atoms with Crippen LogP contribution in [0.3, 0.4) is 0 Å². The van der Waals surface area contributed by atoms with Crippen LogP contribution in [0.4, 0.5) is 10.1 Å². The highest BCUT2D eigenvalue weighted by atomic mass is 19.1. The Morgan fingerprint density at radius 2 is 1.74 bits per heavy atom. The van der Waals surface area contributed by atoms with E-state index in [4.69, 9.17) is 4.74 Å². The summed E-state index contributed by atoms with van der Waals surface area (Å²) < 4.78 is 20.2. The average Bonchev–Trinajstić information content (AvgIpc) is 3.24. The summed E-state index contributed by atoms with van der Waals surface area (Å²) in [7, 11) is 1.66. The summed E-state index contributed by atoms with van der Waals surface area (Å²) in [5, 5.41) is 7.56. The van der Waals surface area contributed by atoms with Gasteiger partial charge in [0, 0.05) is 24.8 Å². The Kier molecular flexibility index (Phi) is 6.21. The molecule has 162 valence electrons. The Hall–Kier alpha value is -3.35. The smallest absolute Gasteiger partial charge is 0.254 e. The number of methoxy groups -OCH3 is 1. The number of halogens is 1. The van der Waals surface area contributed by atoms with Crippen LogP contribution in [-0.4, -0.2) is 41.9 Å². The second kappa shape index (κ2) is 9.20. The zero-order valence-corrected chi connectivity index (χ0v) is 17.8. The zero-order chi connectivity index (χ0) is 21.8. The molecule has 0 unspecified atom stereocenters. The van der Waals surface area contributed by atoms with Gasteiger partial charge in [-0.2, -0.15) is 5.10 Å². The van der Waals surface area contributed by atoms with E-state index >= 15 is 0 Å². The van der Waals surface area contributed by atoms with Crippen molar-refractivity contribution in [2.45, 2.75) is 32.2 Å². The summed E-state index contributed by atoms with van der Waals surface area (Å²) in [6, 6.07) is 14.3. The molecule has 1 fully saturated rings. The zero-order valence-electron chi connectivity index (χ0n) is 17.8. The van der Waals surface area contributed by atoms with Crippen LogP contribution < -0.4 is 15.0 Å². The first kappa shape index (κ1) is 20.9. The number of ether oxygens (including phenoxy) is 1. The predicted octanol–water partition coefficient (Wildman–Crippen LogP) is 3.98. The molecule has 31 heavy (non-hydrogen) atoms. The highest BCUT2D eigenvalue weighted by molar-refractivity contribution is 5.95. The fourth-order valence-corrected chi connectivity index (χ4v) is 4.05. The standard InChI is InChI=1S/C24H27FN4O2/c1-3-23-22(16-26-29(23)20-6-4-17(25)5-7-20)24(30)27-18-12-14-28(15-13-18)19-8-10-21(31-2)11-9-19/h4-11,16,18H,3,12-15H2,1-2H3,(H,27,30). The van der Waals surface area contributed by atoms with Crippen LogP contribution >= 0.6 is 0 Å². The lowest BCUT2D eigenvalue weighted by Crippen LogP contribution is -2.44. The number of amides is 1. The van der Waals surface area contributed by atoms with Gasteiger partial charge in [-0.3, -0.25) is 4.79 Å². The summed E-state index contributed by atoms with van der Waals surface area (Å²) in [6.45, 7) is 3.75. The van der Waals surface area contributed by atoms with Gasteiger partial charge in [0.15, 0.2) is 0 Å². The Bertz CT molecular complexity index is 1020. The number of aromatic nitrogens is 2. The normalized spacial score (nSPS) is 14.5. The maximum atomic E-state index is 13.2. The highest BCUT2D eigenvalue weighted by Crippen LogP contribution is 2.23. The quantitative estimate of drug-likeness (QED) is 0.653. The van der Waals surface area contributed by atoms with Crippen LogP contribution in [0.15, 0.2) is 54.7 Å². The maximum absolute atomic E-state index is 13.2. The van der Waals surface area contributed by atoms with Crippen molar-refractivity contribution in [3.8, 4) is 11.4 Å². The number of carbonyl (C=O) groups is 1. The van der Waals surface area contributed by atoms with Crippen LogP contribution in [-0.2, 0) is 6.42 Å². The van der Waals surface area contributed by atoms with Crippen molar-refractivity contribution in [1.29, 1.82) is 0 Å². The Morgan fingerprint density at radius 3 is 2.35 bits per heavy atom. The molecule has 1 aliphatic rings. The molecular weight excluding hydrogens is 395 g/mol. The molecule has 0 radical (unpaired) electrons. The molecule has 0 saturated carbocycles. The van der Waals surface area contributed by atoms with Gasteiger partial charge in [0.25, 0.3) is 5.91 Å². The van der Waals surface area contributed by atoms with E-state index in [2.05, 4.69) is 27.4 Å². The second-order valence-electron chi connectivity index (χ2n) is 7.68. The van der Waals surface area contributed by atoms with Crippen LogP contribution in [0.1, 0.15) is 35.8 Å². The van der Waals surface area contributed by atoms with Gasteiger partial charge >= 0.3 is 0 Å². The van der Waals surface area contributed by atoms with E-state index in [1.165, 1.54) is 17.8 Å². The first-order chi connectivity index (χ1) is 15.1. The summed E-state index contributed by atoms with van der Waals surface area (Å²) >= 11 is 0. The molecule has 1 N–H and O–H groups in total. The maximum Gasteiger partial charge on any atom is 0.254 e. The number of nitrogens with zero attached hydrogens (tertiary/aromatic N) is 3. The topological polar surface area (TPSA) is 59.4 Å². The molecule has 1 amide bonds. The predicted molar refractivity (Wildman–Crippen MR) is 119 cm³/mol. The minimum atomic E-state index is -0.298. The van der Waals surface area contributed by atoms with Crippen molar-refractivity contribution in [2.24, 2.45) is 0 Å². The first-order valence-electron chi connectivity index (χ1n) is 10.6.